The summed E-state index contributed by atoms with van der Waals surface area (Å²) in [7, 11) is 0. The molecular weight excluding hydrogens is 571 g/mol. The summed E-state index contributed by atoms with van der Waals surface area (Å²) in [6.45, 7) is 4.18. The molecule has 1 fully saturated rings. The third-order valence-corrected chi connectivity index (χ3v) is 7.69. The number of likely N-dealkylation sites (tertiary alicyclic amines) is 1. The van der Waals surface area contributed by atoms with E-state index in [1.165, 1.54) is 12.1 Å². The third kappa shape index (κ3) is 6.73. The van der Waals surface area contributed by atoms with E-state index in [-0.39, 0.29) is 35.2 Å². The maximum atomic E-state index is 13.7. The molecule has 12 heteroatoms. The van der Waals surface area contributed by atoms with Crippen LogP contribution in [0.2, 0.25) is 5.02 Å². The van der Waals surface area contributed by atoms with Crippen molar-refractivity contribution in [2.24, 2.45) is 0 Å². The zero-order valence-corrected chi connectivity index (χ0v) is 23.8. The Morgan fingerprint density at radius 3 is 2.50 bits per heavy atom. The van der Waals surface area contributed by atoms with E-state index in [0.717, 1.165) is 17.2 Å². The van der Waals surface area contributed by atoms with Crippen molar-refractivity contribution in [1.82, 2.24) is 15.2 Å². The Kier molecular flexibility index (Phi) is 8.77. The Balaban J connectivity index is 1.27. The highest BCUT2D eigenvalue weighted by atomic mass is 35.5. The van der Waals surface area contributed by atoms with E-state index in [1.54, 1.807) is 30.2 Å². The van der Waals surface area contributed by atoms with Gasteiger partial charge in [0.25, 0.3) is 5.91 Å². The monoisotopic (exact) mass is 601 g/mol. The summed E-state index contributed by atoms with van der Waals surface area (Å²) in [5, 5.41) is 6.49. The molecule has 2 aliphatic rings. The van der Waals surface area contributed by atoms with Gasteiger partial charge < -0.3 is 25.2 Å². The number of hydrogen-bond acceptors (Lipinski definition) is 6. The number of aromatic nitrogens is 1. The van der Waals surface area contributed by atoms with Crippen molar-refractivity contribution in [3.05, 3.63) is 76.4 Å². The van der Waals surface area contributed by atoms with Gasteiger partial charge in [-0.1, -0.05) is 23.7 Å². The Morgan fingerprint density at radius 2 is 1.81 bits per heavy atom. The van der Waals surface area contributed by atoms with Gasteiger partial charge in [-0.25, -0.2) is 9.78 Å². The van der Waals surface area contributed by atoms with E-state index in [2.05, 4.69) is 15.6 Å². The number of alkyl halides is 3. The molecule has 0 atom stereocenters. The van der Waals surface area contributed by atoms with Crippen molar-refractivity contribution in [2.75, 3.05) is 43.0 Å². The molecule has 2 aromatic carbocycles. The summed E-state index contributed by atoms with van der Waals surface area (Å²) in [5.74, 6) is 0.391. The average molecular weight is 602 g/mol. The molecule has 0 aliphatic carbocycles. The first-order chi connectivity index (χ1) is 20.1. The minimum atomic E-state index is -4.50. The highest BCUT2D eigenvalue weighted by molar-refractivity contribution is 6.30. The van der Waals surface area contributed by atoms with Gasteiger partial charge in [-0.15, -0.1) is 0 Å². The van der Waals surface area contributed by atoms with E-state index in [0.29, 0.717) is 62.7 Å². The lowest BCUT2D eigenvalue weighted by atomic mass is 10.0. The second kappa shape index (κ2) is 12.5. The number of halogens is 4. The number of hydrogen-bond donors (Lipinski definition) is 2. The number of fused-ring (bicyclic) bond motifs is 1. The van der Waals surface area contributed by atoms with Gasteiger partial charge in [0.05, 0.1) is 17.9 Å². The minimum absolute atomic E-state index is 0.0209. The molecule has 2 amide bonds. The van der Waals surface area contributed by atoms with Crippen molar-refractivity contribution < 1.29 is 27.5 Å². The molecule has 1 aromatic heterocycles. The topological polar surface area (TPSA) is 86.8 Å². The van der Waals surface area contributed by atoms with Gasteiger partial charge in [0.2, 0.25) is 0 Å². The Labute approximate surface area is 246 Å². The van der Waals surface area contributed by atoms with Crippen LogP contribution in [0.25, 0.3) is 11.1 Å². The molecule has 2 aliphatic heterocycles. The van der Waals surface area contributed by atoms with E-state index in [4.69, 9.17) is 16.3 Å². The molecule has 0 spiro atoms. The maximum Gasteiger partial charge on any atom is 0.416 e. The molecule has 3 heterocycles. The first-order valence-electron chi connectivity index (χ1n) is 13.8. The summed E-state index contributed by atoms with van der Waals surface area (Å²) >= 11 is 6.05. The number of carbonyl (C=O) groups excluding carboxylic acids is 2. The van der Waals surface area contributed by atoms with Crippen LogP contribution in [0.15, 0.2) is 54.7 Å². The Morgan fingerprint density at radius 1 is 1.07 bits per heavy atom. The van der Waals surface area contributed by atoms with Gasteiger partial charge in [-0.2, -0.15) is 13.2 Å². The lowest BCUT2D eigenvalue weighted by Crippen LogP contribution is -2.46. The Hall–Kier alpha value is -3.99. The second-order valence-corrected chi connectivity index (χ2v) is 10.7. The zero-order chi connectivity index (χ0) is 29.9. The lowest BCUT2D eigenvalue weighted by molar-refractivity contribution is -0.138. The van der Waals surface area contributed by atoms with Crippen LogP contribution in [0.4, 0.5) is 29.5 Å². The fourth-order valence-electron chi connectivity index (χ4n) is 5.26. The minimum Gasteiger partial charge on any atom is -0.450 e. The van der Waals surface area contributed by atoms with Crippen LogP contribution in [0.5, 0.6) is 0 Å². The number of benzene rings is 2. The molecule has 0 radical (unpaired) electrons. The predicted octanol–water partition coefficient (Wildman–Crippen LogP) is 6.20. The van der Waals surface area contributed by atoms with E-state index in [1.807, 2.05) is 23.1 Å². The number of nitrogens with one attached hydrogen (secondary N) is 2. The number of carbonyl (C=O) groups is 2. The van der Waals surface area contributed by atoms with E-state index < -0.39 is 11.7 Å². The number of rotatable bonds is 6. The largest absolute Gasteiger partial charge is 0.450 e. The molecule has 1 saturated heterocycles. The molecular formula is C30H31ClF3N5O3. The van der Waals surface area contributed by atoms with Crippen LogP contribution in [0.1, 0.15) is 41.3 Å². The molecule has 3 aromatic rings. The van der Waals surface area contributed by atoms with E-state index >= 15 is 0 Å². The summed E-state index contributed by atoms with van der Waals surface area (Å²) in [5.41, 5.74) is 2.14. The van der Waals surface area contributed by atoms with Gasteiger partial charge in [-0.3, -0.25) is 4.79 Å². The normalized spacial score (nSPS) is 15.5. The summed E-state index contributed by atoms with van der Waals surface area (Å²) < 4.78 is 46.1. The van der Waals surface area contributed by atoms with Crippen LogP contribution in [0.3, 0.4) is 0 Å². The summed E-state index contributed by atoms with van der Waals surface area (Å²) in [6, 6.07) is 12.6. The Bertz CT molecular complexity index is 1440. The van der Waals surface area contributed by atoms with Crippen molar-refractivity contribution in [1.29, 1.82) is 0 Å². The van der Waals surface area contributed by atoms with Crippen molar-refractivity contribution in [2.45, 2.75) is 38.5 Å². The predicted molar refractivity (Wildman–Crippen MR) is 155 cm³/mol. The van der Waals surface area contributed by atoms with Crippen molar-refractivity contribution >= 4 is 35.1 Å². The molecule has 0 unspecified atom stereocenters. The summed E-state index contributed by atoms with van der Waals surface area (Å²) in [4.78, 5) is 32.8. The molecule has 42 heavy (non-hydrogen) atoms. The summed E-state index contributed by atoms with van der Waals surface area (Å²) in [6.07, 6.45) is -1.84. The van der Waals surface area contributed by atoms with Crippen molar-refractivity contribution in [3.63, 3.8) is 0 Å². The van der Waals surface area contributed by atoms with Crippen LogP contribution < -0.4 is 15.5 Å². The fourth-order valence-corrected chi connectivity index (χ4v) is 5.46. The standard InChI is InChI=1S/C30H31ClF3N5O3/c1-2-42-29(41)38-12-9-24(10-13-38)37-28(40)20-5-3-19(4-6-20)21-16-26-27(36-17-21)35-11-14-39(26)18-22-15-23(31)7-8-25(22)30(32,33)34/h3-8,15-17,24H,2,9-14,18H2,1H3,(H,35,36)(H,37,40). The van der Waals surface area contributed by atoms with Gasteiger partial charge in [0, 0.05) is 61.1 Å². The number of amides is 2. The number of pyridine rings is 1. The van der Waals surface area contributed by atoms with Gasteiger partial charge >= 0.3 is 12.3 Å². The van der Waals surface area contributed by atoms with E-state index in [9.17, 15) is 22.8 Å². The van der Waals surface area contributed by atoms with Crippen LogP contribution >= 0.6 is 11.6 Å². The molecule has 222 valence electrons. The molecule has 2 N–H and O–H groups in total. The number of nitrogens with zero attached hydrogens (tertiary/aromatic N) is 3. The maximum absolute atomic E-state index is 13.7. The highest BCUT2D eigenvalue weighted by Crippen LogP contribution is 2.37. The van der Waals surface area contributed by atoms with Crippen LogP contribution in [0, 0.1) is 0 Å². The molecule has 5 rings (SSSR count). The van der Waals surface area contributed by atoms with Gasteiger partial charge in [-0.05, 0) is 67.3 Å². The van der Waals surface area contributed by atoms with Gasteiger partial charge in [0.1, 0.15) is 5.82 Å². The van der Waals surface area contributed by atoms with Crippen LogP contribution in [-0.4, -0.2) is 60.7 Å². The molecule has 8 nitrogen and oxygen atoms in total. The number of anilines is 2. The quantitative estimate of drug-likeness (QED) is 0.350. The van der Waals surface area contributed by atoms with Gasteiger partial charge in [0.15, 0.2) is 0 Å². The first kappa shape index (κ1) is 29.5. The highest BCUT2D eigenvalue weighted by Gasteiger charge is 2.34. The fraction of sp³-hybridized carbons (Fsp3) is 0.367. The zero-order valence-electron chi connectivity index (χ0n) is 23.0. The number of ether oxygens (including phenoxy) is 1. The molecule has 0 saturated carbocycles. The second-order valence-electron chi connectivity index (χ2n) is 10.3. The first-order valence-corrected chi connectivity index (χ1v) is 14.2. The van der Waals surface area contributed by atoms with Crippen LogP contribution in [-0.2, 0) is 17.5 Å². The van der Waals surface area contributed by atoms with Crippen molar-refractivity contribution in [3.8, 4) is 11.1 Å². The number of piperidine rings is 1. The molecule has 0 bridgehead atoms. The smallest absolute Gasteiger partial charge is 0.416 e. The third-order valence-electron chi connectivity index (χ3n) is 7.45. The average Bonchev–Trinajstić information content (AvgIpc) is 2.97. The lowest BCUT2D eigenvalue weighted by Gasteiger charge is -2.32. The SMILES string of the molecule is CCOC(=O)N1CCC(NC(=O)c2ccc(-c3cnc4c(c3)N(Cc3cc(Cl)ccc3C(F)(F)F)CCN4)cc2)CC1.